The van der Waals surface area contributed by atoms with Crippen LogP contribution in [0.1, 0.15) is 26.2 Å². The van der Waals surface area contributed by atoms with Crippen molar-refractivity contribution in [2.45, 2.75) is 37.6 Å². The van der Waals surface area contributed by atoms with Crippen LogP contribution in [0.3, 0.4) is 0 Å². The molecule has 1 aliphatic rings. The van der Waals surface area contributed by atoms with Gasteiger partial charge in [-0.05, 0) is 6.42 Å². The second kappa shape index (κ2) is 7.74. The van der Waals surface area contributed by atoms with Crippen LogP contribution >= 0.6 is 0 Å². The molecule has 0 amide bonds. The third-order valence-electron chi connectivity index (χ3n) is 3.29. The van der Waals surface area contributed by atoms with E-state index < -0.39 is 36.0 Å². The topological polar surface area (TPSA) is 80.3 Å². The van der Waals surface area contributed by atoms with Gasteiger partial charge in [-0.15, -0.1) is 0 Å². The number of rotatable bonds is 5. The first-order valence-electron chi connectivity index (χ1n) is 6.73. The minimum absolute atomic E-state index is 0.450. The van der Waals surface area contributed by atoms with Crippen LogP contribution < -0.4 is 4.13 Å². The molecule has 0 saturated carbocycles. The summed E-state index contributed by atoms with van der Waals surface area (Å²) in [5.74, 6) is 0. The fourth-order valence-corrected chi connectivity index (χ4v) is 3.97. The second-order valence-electron chi connectivity index (χ2n) is 5.54. The summed E-state index contributed by atoms with van der Waals surface area (Å²) in [6.07, 6.45) is -2.31. The molecule has 0 atom stereocenters. The average Bonchev–Trinajstić information content (AvgIpc) is 2.72. The summed E-state index contributed by atoms with van der Waals surface area (Å²) in [6.45, 7) is 6.52. The standard InChI is InChI=1S/C8H18N.C2HF6NO4S2/c1-3-6-9(2)7-4-5-8-9;3-1(4,5)2(6,7)14(10,11)9-15(8,12)13/h3-8H2,1-2H3;9H/q+1;. The van der Waals surface area contributed by atoms with Crippen molar-refractivity contribution in [2.24, 2.45) is 0 Å². The molecule has 1 rings (SSSR count). The first kappa shape index (κ1) is 23.4. The van der Waals surface area contributed by atoms with E-state index in [1.54, 1.807) is 0 Å². The first-order chi connectivity index (χ1) is 10.5. The van der Waals surface area contributed by atoms with Crippen LogP contribution in [0.25, 0.3) is 0 Å². The number of hydrogen-bond acceptors (Lipinski definition) is 4. The van der Waals surface area contributed by atoms with Crippen molar-refractivity contribution < 1.29 is 47.2 Å². The Balaban J connectivity index is 0.000000496. The fourth-order valence-electron chi connectivity index (χ4n) is 2.20. The fraction of sp³-hybridized carbons (Fsp3) is 1.00. The second-order valence-corrected chi connectivity index (χ2v) is 8.60. The van der Waals surface area contributed by atoms with Gasteiger partial charge in [0.15, 0.2) is 0 Å². The molecular weight excluding hydrogens is 390 g/mol. The minimum atomic E-state index is -6.75. The predicted molar refractivity (Wildman–Crippen MR) is 73.4 cm³/mol. The Kier molecular flexibility index (Phi) is 7.55. The number of quaternary nitrogens is 1. The zero-order chi connectivity index (χ0) is 19.4. The summed E-state index contributed by atoms with van der Waals surface area (Å²) in [5.41, 5.74) is 0. The number of sulfonamides is 1. The number of halogens is 6. The highest BCUT2D eigenvalue weighted by atomic mass is 32.3. The molecule has 6 nitrogen and oxygen atoms in total. The molecule has 1 fully saturated rings. The normalized spacial score (nSPS) is 18.8. The van der Waals surface area contributed by atoms with Crippen molar-refractivity contribution in [1.82, 2.24) is 4.13 Å². The molecule has 0 bridgehead atoms. The maximum atomic E-state index is 12.0. The van der Waals surface area contributed by atoms with E-state index in [1.165, 1.54) is 43.4 Å². The van der Waals surface area contributed by atoms with E-state index in [0.717, 1.165) is 0 Å². The Hall–Kier alpha value is -0.600. The molecule has 146 valence electrons. The van der Waals surface area contributed by atoms with Gasteiger partial charge in [0.25, 0.3) is 0 Å². The Labute approximate surface area is 136 Å². The van der Waals surface area contributed by atoms with Crippen LogP contribution in [0.15, 0.2) is 0 Å². The third-order valence-corrected chi connectivity index (χ3v) is 5.87. The molecule has 0 spiro atoms. The lowest BCUT2D eigenvalue weighted by Crippen LogP contribution is -2.50. The van der Waals surface area contributed by atoms with Gasteiger partial charge < -0.3 is 4.48 Å². The number of alkyl halides is 5. The molecule has 1 N–H and O–H groups in total. The molecule has 0 unspecified atom stereocenters. The summed E-state index contributed by atoms with van der Waals surface area (Å²) in [6, 6.07) is 0. The van der Waals surface area contributed by atoms with Gasteiger partial charge in [-0.25, -0.2) is 8.42 Å². The van der Waals surface area contributed by atoms with Crippen molar-refractivity contribution in [3.63, 3.8) is 0 Å². The lowest BCUT2D eigenvalue weighted by molar-refractivity contribution is -0.897. The van der Waals surface area contributed by atoms with E-state index in [-0.39, 0.29) is 0 Å². The smallest absolute Gasteiger partial charge is 0.326 e. The molecule has 0 aromatic carbocycles. The van der Waals surface area contributed by atoms with Crippen molar-refractivity contribution >= 4 is 20.4 Å². The molecule has 0 aliphatic carbocycles. The summed E-state index contributed by atoms with van der Waals surface area (Å²) in [7, 11) is -10.6. The average molecular weight is 409 g/mol. The molecule has 24 heavy (non-hydrogen) atoms. The van der Waals surface area contributed by atoms with Gasteiger partial charge in [-0.1, -0.05) is 14.9 Å². The van der Waals surface area contributed by atoms with E-state index >= 15 is 0 Å². The van der Waals surface area contributed by atoms with Gasteiger partial charge in [0.1, 0.15) is 0 Å². The molecule has 0 aromatic rings. The summed E-state index contributed by atoms with van der Waals surface area (Å²) in [5, 5.41) is -6.42. The zero-order valence-electron chi connectivity index (χ0n) is 12.9. The van der Waals surface area contributed by atoms with E-state index in [0.29, 0.717) is 0 Å². The van der Waals surface area contributed by atoms with Crippen LogP contribution in [-0.4, -0.2) is 59.4 Å². The van der Waals surface area contributed by atoms with Crippen LogP contribution in [0.4, 0.5) is 25.8 Å². The highest BCUT2D eigenvalue weighted by Crippen LogP contribution is 2.39. The molecule has 0 radical (unpaired) electrons. The highest BCUT2D eigenvalue weighted by Gasteiger charge is 2.68. The first-order valence-corrected chi connectivity index (χ1v) is 9.60. The molecule has 0 aromatic heterocycles. The van der Waals surface area contributed by atoms with Crippen molar-refractivity contribution in [1.29, 1.82) is 0 Å². The quantitative estimate of drug-likeness (QED) is 0.427. The van der Waals surface area contributed by atoms with Crippen LogP contribution in [0.2, 0.25) is 0 Å². The summed E-state index contributed by atoms with van der Waals surface area (Å²) >= 11 is 0. The van der Waals surface area contributed by atoms with Crippen LogP contribution in [0.5, 0.6) is 0 Å². The highest BCUT2D eigenvalue weighted by molar-refractivity contribution is 8.03. The van der Waals surface area contributed by atoms with Gasteiger partial charge in [0.2, 0.25) is 0 Å². The predicted octanol–water partition coefficient (Wildman–Crippen LogP) is 1.91. The molecule has 1 aliphatic heterocycles. The minimum Gasteiger partial charge on any atom is -0.326 e. The van der Waals surface area contributed by atoms with Gasteiger partial charge in [-0.2, -0.15) is 30.4 Å². The Morgan fingerprint density at radius 3 is 1.71 bits per heavy atom. The maximum Gasteiger partial charge on any atom is 0.471 e. The zero-order valence-corrected chi connectivity index (χ0v) is 14.5. The largest absolute Gasteiger partial charge is 0.471 e. The van der Waals surface area contributed by atoms with Crippen molar-refractivity contribution in [3.8, 4) is 0 Å². The van der Waals surface area contributed by atoms with E-state index in [2.05, 4.69) is 14.0 Å². The maximum absolute atomic E-state index is 12.0. The summed E-state index contributed by atoms with van der Waals surface area (Å²) < 4.78 is 110. The third kappa shape index (κ3) is 6.72. The van der Waals surface area contributed by atoms with Crippen molar-refractivity contribution in [3.05, 3.63) is 0 Å². The van der Waals surface area contributed by atoms with Gasteiger partial charge in [-0.3, -0.25) is 0 Å². The van der Waals surface area contributed by atoms with Gasteiger partial charge in [0, 0.05) is 12.8 Å². The van der Waals surface area contributed by atoms with Crippen LogP contribution in [0, 0.1) is 0 Å². The molecule has 14 heteroatoms. The van der Waals surface area contributed by atoms with Crippen LogP contribution in [-0.2, 0) is 20.4 Å². The Morgan fingerprint density at radius 2 is 1.42 bits per heavy atom. The monoisotopic (exact) mass is 409 g/mol. The molecule has 1 saturated heterocycles. The lowest BCUT2D eigenvalue weighted by atomic mass is 10.4. The van der Waals surface area contributed by atoms with Crippen molar-refractivity contribution in [2.75, 3.05) is 26.7 Å². The molecular formula is C10H19F6N2O4S2+. The number of nitrogens with one attached hydrogen (secondary N) is 1. The number of likely N-dealkylation sites (tertiary alicyclic amines) is 1. The summed E-state index contributed by atoms with van der Waals surface area (Å²) in [4.78, 5) is 0. The van der Waals surface area contributed by atoms with Gasteiger partial charge in [0.05, 0.1) is 26.7 Å². The number of nitrogens with zero attached hydrogens (tertiary/aromatic N) is 1. The SMILES string of the molecule is CCC[N+]1(C)CCCC1.O=S(=O)(F)NS(=O)(=O)C(F)(F)C(F)(F)F. The molecule has 1 heterocycles. The lowest BCUT2D eigenvalue weighted by Gasteiger charge is -2.28. The van der Waals surface area contributed by atoms with E-state index in [1.807, 2.05) is 0 Å². The van der Waals surface area contributed by atoms with E-state index in [9.17, 15) is 42.7 Å². The Morgan fingerprint density at radius 1 is 1.00 bits per heavy atom. The van der Waals surface area contributed by atoms with Gasteiger partial charge >= 0.3 is 31.9 Å². The number of hydrogen-bond donors (Lipinski definition) is 1. The van der Waals surface area contributed by atoms with E-state index in [4.69, 9.17) is 0 Å². The Bertz CT molecular complexity index is 612.